The number of imidazole rings is 1. The standard InChI is InChI=1S/C21H22ClN7O/c1-12-9-28(5-4-23-12)14-6-15-16(22)7-17(26-19(15)24-8-14)18-11-29-10-13(2)25-20(29)21(27-18)30-3/h6-8,10-12,23H,4-5,9H2,1-3H3. The van der Waals surface area contributed by atoms with Crippen LogP contribution in [0.4, 0.5) is 5.69 Å². The molecule has 1 aliphatic rings. The number of anilines is 1. The maximum Gasteiger partial charge on any atom is 0.258 e. The van der Waals surface area contributed by atoms with Crippen LogP contribution >= 0.6 is 11.6 Å². The van der Waals surface area contributed by atoms with Crippen LogP contribution in [0.2, 0.25) is 5.02 Å². The van der Waals surface area contributed by atoms with Gasteiger partial charge in [0.15, 0.2) is 5.65 Å². The van der Waals surface area contributed by atoms with Crippen LogP contribution in [0.25, 0.3) is 28.1 Å². The fraction of sp³-hybridized carbons (Fsp3) is 0.333. The largest absolute Gasteiger partial charge is 0.478 e. The molecule has 9 heteroatoms. The molecule has 1 atom stereocenters. The molecular formula is C21H22ClN7O. The van der Waals surface area contributed by atoms with Crippen molar-refractivity contribution in [2.45, 2.75) is 19.9 Å². The van der Waals surface area contributed by atoms with Gasteiger partial charge in [-0.1, -0.05) is 11.6 Å². The summed E-state index contributed by atoms with van der Waals surface area (Å²) in [6.45, 7) is 6.94. The molecule has 1 N–H and O–H groups in total. The lowest BCUT2D eigenvalue weighted by atomic mass is 10.2. The minimum absolute atomic E-state index is 0.438. The number of piperazine rings is 1. The second-order valence-electron chi connectivity index (χ2n) is 7.60. The molecule has 5 heterocycles. The number of fused-ring (bicyclic) bond motifs is 2. The molecule has 8 nitrogen and oxygen atoms in total. The second kappa shape index (κ2) is 7.37. The average molecular weight is 424 g/mol. The zero-order valence-electron chi connectivity index (χ0n) is 17.1. The molecule has 0 aromatic carbocycles. The highest BCUT2D eigenvalue weighted by Gasteiger charge is 2.18. The van der Waals surface area contributed by atoms with Crippen molar-refractivity contribution in [3.05, 3.63) is 41.4 Å². The van der Waals surface area contributed by atoms with E-state index in [-0.39, 0.29) is 0 Å². The number of hydrogen-bond donors (Lipinski definition) is 1. The Morgan fingerprint density at radius 3 is 2.83 bits per heavy atom. The van der Waals surface area contributed by atoms with Gasteiger partial charge in [0.25, 0.3) is 5.88 Å². The Bertz CT molecular complexity index is 1260. The summed E-state index contributed by atoms with van der Waals surface area (Å²) in [5.41, 5.74) is 4.47. The topological polar surface area (TPSA) is 80.5 Å². The van der Waals surface area contributed by atoms with Crippen molar-refractivity contribution in [3.63, 3.8) is 0 Å². The first-order chi connectivity index (χ1) is 14.5. The summed E-state index contributed by atoms with van der Waals surface area (Å²) in [5.74, 6) is 0.440. The molecule has 0 saturated carbocycles. The van der Waals surface area contributed by atoms with Gasteiger partial charge >= 0.3 is 0 Å². The van der Waals surface area contributed by atoms with Gasteiger partial charge < -0.3 is 19.4 Å². The summed E-state index contributed by atoms with van der Waals surface area (Å²) < 4.78 is 7.32. The molecule has 4 aromatic heterocycles. The molecule has 1 aliphatic heterocycles. The van der Waals surface area contributed by atoms with Crippen LogP contribution in [0.1, 0.15) is 12.6 Å². The van der Waals surface area contributed by atoms with Crippen molar-refractivity contribution in [1.82, 2.24) is 29.7 Å². The van der Waals surface area contributed by atoms with E-state index in [1.54, 1.807) is 7.11 Å². The van der Waals surface area contributed by atoms with E-state index >= 15 is 0 Å². The highest BCUT2D eigenvalue weighted by Crippen LogP contribution is 2.30. The van der Waals surface area contributed by atoms with Crippen LogP contribution in [0.3, 0.4) is 0 Å². The van der Waals surface area contributed by atoms with E-state index in [9.17, 15) is 0 Å². The van der Waals surface area contributed by atoms with Gasteiger partial charge in [-0.2, -0.15) is 0 Å². The Hall–Kier alpha value is -2.97. The number of aromatic nitrogens is 5. The second-order valence-corrected chi connectivity index (χ2v) is 8.01. The number of methoxy groups -OCH3 is 1. The zero-order chi connectivity index (χ0) is 20.8. The quantitative estimate of drug-likeness (QED) is 0.542. The molecule has 30 heavy (non-hydrogen) atoms. The van der Waals surface area contributed by atoms with Gasteiger partial charge in [0, 0.05) is 43.5 Å². The predicted molar refractivity (Wildman–Crippen MR) is 117 cm³/mol. The fourth-order valence-electron chi connectivity index (χ4n) is 3.88. The summed E-state index contributed by atoms with van der Waals surface area (Å²) in [6, 6.07) is 4.33. The maximum absolute atomic E-state index is 6.66. The van der Waals surface area contributed by atoms with Gasteiger partial charge in [-0.15, -0.1) is 0 Å². The normalized spacial score (nSPS) is 17.1. The van der Waals surface area contributed by atoms with Gasteiger partial charge in [-0.05, 0) is 26.0 Å². The molecule has 5 rings (SSSR count). The third-order valence-electron chi connectivity index (χ3n) is 5.32. The summed E-state index contributed by atoms with van der Waals surface area (Å²) >= 11 is 6.66. The number of hydrogen-bond acceptors (Lipinski definition) is 7. The number of pyridine rings is 2. The smallest absolute Gasteiger partial charge is 0.258 e. The maximum atomic E-state index is 6.66. The molecule has 0 aliphatic carbocycles. The van der Waals surface area contributed by atoms with Crippen molar-refractivity contribution in [1.29, 1.82) is 0 Å². The minimum atomic E-state index is 0.438. The lowest BCUT2D eigenvalue weighted by molar-refractivity contribution is 0.400. The molecule has 1 fully saturated rings. The molecule has 1 saturated heterocycles. The van der Waals surface area contributed by atoms with E-state index in [0.717, 1.165) is 36.4 Å². The third kappa shape index (κ3) is 3.32. The Morgan fingerprint density at radius 1 is 1.17 bits per heavy atom. The van der Waals surface area contributed by atoms with Crippen LogP contribution in [0.15, 0.2) is 30.7 Å². The minimum Gasteiger partial charge on any atom is -0.478 e. The highest BCUT2D eigenvalue weighted by molar-refractivity contribution is 6.35. The molecule has 154 valence electrons. The first-order valence-corrected chi connectivity index (χ1v) is 10.2. The number of ether oxygens (including phenoxy) is 1. The fourth-order valence-corrected chi connectivity index (χ4v) is 4.12. The Balaban J connectivity index is 1.58. The van der Waals surface area contributed by atoms with Gasteiger partial charge in [-0.25, -0.2) is 19.9 Å². The third-order valence-corrected chi connectivity index (χ3v) is 5.63. The van der Waals surface area contributed by atoms with Crippen LogP contribution < -0.4 is 15.0 Å². The van der Waals surface area contributed by atoms with Gasteiger partial charge in [0.2, 0.25) is 5.65 Å². The van der Waals surface area contributed by atoms with Crippen LogP contribution in [-0.4, -0.2) is 57.1 Å². The van der Waals surface area contributed by atoms with Crippen molar-refractivity contribution in [2.75, 3.05) is 31.6 Å². The molecule has 4 aromatic rings. The number of halogens is 1. The number of nitrogens with zero attached hydrogens (tertiary/aromatic N) is 6. The van der Waals surface area contributed by atoms with Gasteiger partial charge in [0.1, 0.15) is 5.69 Å². The first kappa shape index (κ1) is 19.0. The van der Waals surface area contributed by atoms with Crippen LogP contribution in [-0.2, 0) is 0 Å². The summed E-state index contributed by atoms with van der Waals surface area (Å²) in [6.07, 6.45) is 5.66. The zero-order valence-corrected chi connectivity index (χ0v) is 17.8. The number of rotatable bonds is 3. The summed E-state index contributed by atoms with van der Waals surface area (Å²) in [7, 11) is 1.58. The Kier molecular flexibility index (Phi) is 4.67. The number of nitrogens with one attached hydrogen (secondary N) is 1. The lowest BCUT2D eigenvalue weighted by Gasteiger charge is -2.33. The lowest BCUT2D eigenvalue weighted by Crippen LogP contribution is -2.49. The first-order valence-electron chi connectivity index (χ1n) is 9.87. The van der Waals surface area contributed by atoms with E-state index in [2.05, 4.69) is 38.2 Å². The predicted octanol–water partition coefficient (Wildman–Crippen LogP) is 3.11. The average Bonchev–Trinajstić information content (AvgIpc) is 3.13. The van der Waals surface area contributed by atoms with E-state index in [0.29, 0.717) is 39.6 Å². The van der Waals surface area contributed by atoms with Crippen molar-refractivity contribution in [3.8, 4) is 17.3 Å². The molecule has 0 radical (unpaired) electrons. The monoisotopic (exact) mass is 423 g/mol. The van der Waals surface area contributed by atoms with Crippen LogP contribution in [0.5, 0.6) is 5.88 Å². The molecule has 1 unspecified atom stereocenters. The number of aryl methyl sites for hydroxylation is 1. The molecular weight excluding hydrogens is 402 g/mol. The van der Waals surface area contributed by atoms with Crippen molar-refractivity contribution < 1.29 is 4.74 Å². The molecule has 0 bridgehead atoms. The Labute approximate surface area is 178 Å². The van der Waals surface area contributed by atoms with E-state index < -0.39 is 0 Å². The van der Waals surface area contributed by atoms with Crippen LogP contribution in [0, 0.1) is 6.92 Å². The molecule has 0 spiro atoms. The Morgan fingerprint density at radius 2 is 2.03 bits per heavy atom. The van der Waals surface area contributed by atoms with E-state index in [4.69, 9.17) is 21.3 Å². The summed E-state index contributed by atoms with van der Waals surface area (Å²) in [4.78, 5) is 20.7. The SMILES string of the molecule is COc1nc(-c2cc(Cl)c3cc(N4CCNC(C)C4)cnc3n2)cn2cc(C)nc12. The van der Waals surface area contributed by atoms with E-state index in [1.807, 2.05) is 36.0 Å². The highest BCUT2D eigenvalue weighted by atomic mass is 35.5. The molecule has 0 amide bonds. The van der Waals surface area contributed by atoms with E-state index in [1.165, 1.54) is 0 Å². The van der Waals surface area contributed by atoms with Crippen molar-refractivity contribution in [2.24, 2.45) is 0 Å². The van der Waals surface area contributed by atoms with Gasteiger partial charge in [0.05, 0.1) is 35.4 Å². The summed E-state index contributed by atoms with van der Waals surface area (Å²) in [5, 5.41) is 4.88. The van der Waals surface area contributed by atoms with Gasteiger partial charge in [-0.3, -0.25) is 0 Å². The van der Waals surface area contributed by atoms with Crippen molar-refractivity contribution >= 4 is 34.0 Å².